The maximum atomic E-state index is 12.6. The van der Waals surface area contributed by atoms with E-state index in [0.717, 1.165) is 31.7 Å². The Morgan fingerprint density at radius 2 is 1.55 bits per heavy atom. The van der Waals surface area contributed by atoms with Crippen LogP contribution in [0.25, 0.3) is 0 Å². The van der Waals surface area contributed by atoms with E-state index in [0.29, 0.717) is 12.7 Å². The molecule has 0 N–H and O–H groups in total. The molecule has 1 heterocycles. The second-order valence-electron chi connectivity index (χ2n) is 11.1. The molecule has 1 unspecified atom stereocenters. The summed E-state index contributed by atoms with van der Waals surface area (Å²) in [7, 11) is 1.82. The van der Waals surface area contributed by atoms with Crippen LogP contribution < -0.4 is 0 Å². The third-order valence-corrected chi connectivity index (χ3v) is 7.56. The molecule has 0 saturated carbocycles. The first kappa shape index (κ1) is 30.4. The first-order valence-electron chi connectivity index (χ1n) is 14.3. The molecule has 4 heteroatoms. The average molecular weight is 468 g/mol. The molecule has 4 nitrogen and oxygen atoms in total. The van der Waals surface area contributed by atoms with Gasteiger partial charge in [-0.15, -0.1) is 0 Å². The van der Waals surface area contributed by atoms with E-state index in [1.807, 2.05) is 7.11 Å². The van der Waals surface area contributed by atoms with Crippen LogP contribution in [0.2, 0.25) is 0 Å². The number of hydrogen-bond acceptors (Lipinski definition) is 4. The van der Waals surface area contributed by atoms with Gasteiger partial charge in [-0.25, -0.2) is 0 Å². The van der Waals surface area contributed by atoms with Gasteiger partial charge < -0.3 is 14.4 Å². The molecule has 0 radical (unpaired) electrons. The molecule has 0 amide bonds. The smallest absolute Gasteiger partial charge is 0.311 e. The molecule has 0 bridgehead atoms. The van der Waals surface area contributed by atoms with Crippen molar-refractivity contribution >= 4 is 5.97 Å². The van der Waals surface area contributed by atoms with Crippen molar-refractivity contribution < 1.29 is 14.3 Å². The summed E-state index contributed by atoms with van der Waals surface area (Å²) in [5.74, 6) is 0.814. The summed E-state index contributed by atoms with van der Waals surface area (Å²) < 4.78 is 11.2. The average Bonchev–Trinajstić information content (AvgIpc) is 3.26. The number of hydrogen-bond donors (Lipinski definition) is 0. The molecule has 33 heavy (non-hydrogen) atoms. The Morgan fingerprint density at radius 1 is 0.909 bits per heavy atom. The molecule has 196 valence electrons. The Hall–Kier alpha value is -0.610. The fourth-order valence-electron chi connectivity index (χ4n) is 5.08. The number of unbranched alkanes of at least 4 members (excludes halogenated alkanes) is 7. The second kappa shape index (κ2) is 18.7. The van der Waals surface area contributed by atoms with Crippen LogP contribution in [0.15, 0.2) is 0 Å². The summed E-state index contributed by atoms with van der Waals surface area (Å²) in [6.07, 6.45) is 20.3. The molecule has 1 rings (SSSR count). The van der Waals surface area contributed by atoms with E-state index in [2.05, 4.69) is 32.6 Å². The number of ether oxygens (including phenoxy) is 2. The molecule has 0 aromatic rings. The number of carbonyl (C=O) groups is 1. The molecular weight excluding hydrogens is 410 g/mol. The van der Waals surface area contributed by atoms with Gasteiger partial charge in [0.05, 0.1) is 18.1 Å². The summed E-state index contributed by atoms with van der Waals surface area (Å²) in [4.78, 5) is 15.2. The molecular formula is C29H57NO3. The van der Waals surface area contributed by atoms with Gasteiger partial charge in [0.25, 0.3) is 0 Å². The predicted octanol–water partition coefficient (Wildman–Crippen LogP) is 7.78. The van der Waals surface area contributed by atoms with Gasteiger partial charge in [-0.2, -0.15) is 0 Å². The van der Waals surface area contributed by atoms with E-state index in [1.54, 1.807) is 0 Å². The highest BCUT2D eigenvalue weighted by atomic mass is 16.5. The van der Waals surface area contributed by atoms with Crippen molar-refractivity contribution in [2.45, 2.75) is 137 Å². The SMILES string of the molecule is CCCCCC(CCCCC)CCCOC(=O)C(C)(C)CCCCCCN1CCC(OC)C1. The Bertz CT molecular complexity index is 469. The van der Waals surface area contributed by atoms with Crippen LogP contribution in [0.3, 0.4) is 0 Å². The van der Waals surface area contributed by atoms with Crippen LogP contribution in [-0.2, 0) is 14.3 Å². The van der Waals surface area contributed by atoms with E-state index in [-0.39, 0.29) is 11.4 Å². The topological polar surface area (TPSA) is 38.8 Å². The maximum absolute atomic E-state index is 12.6. The zero-order valence-corrected chi connectivity index (χ0v) is 23.0. The lowest BCUT2D eigenvalue weighted by atomic mass is 9.87. The number of methoxy groups -OCH3 is 1. The number of rotatable bonds is 21. The van der Waals surface area contributed by atoms with Crippen molar-refractivity contribution in [2.75, 3.05) is 33.4 Å². The van der Waals surface area contributed by atoms with Crippen molar-refractivity contribution in [3.63, 3.8) is 0 Å². The van der Waals surface area contributed by atoms with Crippen LogP contribution in [0.1, 0.15) is 130 Å². The highest BCUT2D eigenvalue weighted by Gasteiger charge is 2.28. The number of esters is 1. The summed E-state index contributed by atoms with van der Waals surface area (Å²) in [6.45, 7) is 12.7. The van der Waals surface area contributed by atoms with Gasteiger partial charge in [-0.1, -0.05) is 84.5 Å². The predicted molar refractivity (Wildman–Crippen MR) is 141 cm³/mol. The third kappa shape index (κ3) is 14.4. The minimum atomic E-state index is -0.359. The Morgan fingerprint density at radius 3 is 2.15 bits per heavy atom. The number of nitrogens with zero attached hydrogens (tertiary/aromatic N) is 1. The molecule has 1 aliphatic heterocycles. The zero-order valence-electron chi connectivity index (χ0n) is 23.0. The third-order valence-electron chi connectivity index (χ3n) is 7.56. The Labute approximate surface area is 206 Å². The lowest BCUT2D eigenvalue weighted by molar-refractivity contribution is -0.154. The van der Waals surface area contributed by atoms with Crippen molar-refractivity contribution in [1.82, 2.24) is 4.90 Å². The summed E-state index contributed by atoms with van der Waals surface area (Å²) in [6, 6.07) is 0. The fourth-order valence-corrected chi connectivity index (χ4v) is 5.08. The minimum Gasteiger partial charge on any atom is -0.465 e. The molecule has 1 atom stereocenters. The van der Waals surface area contributed by atoms with Gasteiger partial charge >= 0.3 is 5.97 Å². The minimum absolute atomic E-state index is 0.00121. The van der Waals surface area contributed by atoms with E-state index in [9.17, 15) is 4.79 Å². The van der Waals surface area contributed by atoms with E-state index in [1.165, 1.54) is 96.6 Å². The highest BCUT2D eigenvalue weighted by molar-refractivity contribution is 5.75. The molecule has 0 aliphatic carbocycles. The summed E-state index contributed by atoms with van der Waals surface area (Å²) in [5.41, 5.74) is -0.359. The standard InChI is InChI=1S/C29H57NO3/c1-6-8-12-17-26(18-13-9-7-2)19-16-24-33-28(31)29(3,4)21-14-10-11-15-22-30-23-20-27(25-30)32-5/h26-27H,6-25H2,1-5H3. The van der Waals surface area contributed by atoms with Crippen LogP contribution >= 0.6 is 0 Å². The Balaban J connectivity index is 2.13. The quantitative estimate of drug-likeness (QED) is 0.128. The van der Waals surface area contributed by atoms with Crippen molar-refractivity contribution in [3.8, 4) is 0 Å². The summed E-state index contributed by atoms with van der Waals surface area (Å²) >= 11 is 0. The molecule has 1 fully saturated rings. The van der Waals surface area contributed by atoms with Crippen LogP contribution in [0, 0.1) is 11.3 Å². The van der Waals surface area contributed by atoms with E-state index >= 15 is 0 Å². The van der Waals surface area contributed by atoms with Gasteiger partial charge in [0.15, 0.2) is 0 Å². The van der Waals surface area contributed by atoms with Gasteiger partial charge in [-0.05, 0) is 58.4 Å². The molecule has 0 spiro atoms. The first-order valence-corrected chi connectivity index (χ1v) is 14.3. The Kier molecular flexibility index (Phi) is 17.2. The van der Waals surface area contributed by atoms with Crippen molar-refractivity contribution in [1.29, 1.82) is 0 Å². The lowest BCUT2D eigenvalue weighted by Crippen LogP contribution is -2.27. The highest BCUT2D eigenvalue weighted by Crippen LogP contribution is 2.27. The molecule has 0 aromatic carbocycles. The first-order chi connectivity index (χ1) is 15.9. The largest absolute Gasteiger partial charge is 0.465 e. The van der Waals surface area contributed by atoms with E-state index < -0.39 is 0 Å². The van der Waals surface area contributed by atoms with Gasteiger partial charge in [0.1, 0.15) is 0 Å². The summed E-state index contributed by atoms with van der Waals surface area (Å²) in [5, 5.41) is 0. The zero-order chi connectivity index (χ0) is 24.4. The van der Waals surface area contributed by atoms with Crippen LogP contribution in [0.4, 0.5) is 0 Å². The fraction of sp³-hybridized carbons (Fsp3) is 0.966. The normalized spacial score (nSPS) is 17.2. The van der Waals surface area contributed by atoms with Crippen LogP contribution in [0.5, 0.6) is 0 Å². The van der Waals surface area contributed by atoms with Gasteiger partial charge in [0, 0.05) is 20.2 Å². The lowest BCUT2D eigenvalue weighted by Gasteiger charge is -2.23. The van der Waals surface area contributed by atoms with Gasteiger partial charge in [0.2, 0.25) is 0 Å². The van der Waals surface area contributed by atoms with Crippen LogP contribution in [-0.4, -0.2) is 50.3 Å². The number of likely N-dealkylation sites (tertiary alicyclic amines) is 1. The monoisotopic (exact) mass is 467 g/mol. The molecule has 1 saturated heterocycles. The van der Waals surface area contributed by atoms with Gasteiger partial charge in [-0.3, -0.25) is 4.79 Å². The molecule has 0 aromatic heterocycles. The second-order valence-corrected chi connectivity index (χ2v) is 11.1. The molecule has 1 aliphatic rings. The van der Waals surface area contributed by atoms with E-state index in [4.69, 9.17) is 9.47 Å². The maximum Gasteiger partial charge on any atom is 0.311 e. The van der Waals surface area contributed by atoms with Crippen molar-refractivity contribution in [3.05, 3.63) is 0 Å². The number of carbonyl (C=O) groups excluding carboxylic acids is 1. The van der Waals surface area contributed by atoms with Crippen molar-refractivity contribution in [2.24, 2.45) is 11.3 Å².